The fourth-order valence-corrected chi connectivity index (χ4v) is 3.12. The van der Waals surface area contributed by atoms with Crippen LogP contribution in [0, 0.1) is 0 Å². The van der Waals surface area contributed by atoms with Crippen molar-refractivity contribution in [1.29, 1.82) is 0 Å². The van der Waals surface area contributed by atoms with E-state index in [0.717, 1.165) is 5.52 Å². The van der Waals surface area contributed by atoms with Crippen LogP contribution >= 0.6 is 11.6 Å². The number of nitrogens with one attached hydrogen (secondary N) is 1. The predicted molar refractivity (Wildman–Crippen MR) is 101 cm³/mol. The molecule has 0 aliphatic carbocycles. The van der Waals surface area contributed by atoms with Crippen LogP contribution in [0.5, 0.6) is 5.75 Å². The molecule has 0 saturated carbocycles. The SMILES string of the molecule is COc1ccc(Cl)cc1NC(=O)Cn1c(=O)c2nncn2c2ccccc21. The van der Waals surface area contributed by atoms with Crippen LogP contribution in [0.2, 0.25) is 5.02 Å². The molecule has 2 aromatic carbocycles. The monoisotopic (exact) mass is 383 g/mol. The Hall–Kier alpha value is -3.39. The minimum absolute atomic E-state index is 0.154. The van der Waals surface area contributed by atoms with E-state index in [0.29, 0.717) is 22.0 Å². The van der Waals surface area contributed by atoms with Crippen LogP contribution in [0.25, 0.3) is 16.7 Å². The van der Waals surface area contributed by atoms with E-state index >= 15 is 0 Å². The molecular formula is C18H14ClN5O3. The number of anilines is 1. The van der Waals surface area contributed by atoms with Crippen molar-refractivity contribution < 1.29 is 9.53 Å². The van der Waals surface area contributed by atoms with E-state index in [4.69, 9.17) is 16.3 Å². The lowest BCUT2D eigenvalue weighted by Gasteiger charge is -2.13. The molecule has 0 aliphatic heterocycles. The molecular weight excluding hydrogens is 370 g/mol. The van der Waals surface area contributed by atoms with Gasteiger partial charge >= 0.3 is 0 Å². The van der Waals surface area contributed by atoms with Gasteiger partial charge in [0.1, 0.15) is 18.6 Å². The van der Waals surface area contributed by atoms with Gasteiger partial charge < -0.3 is 10.1 Å². The summed E-state index contributed by atoms with van der Waals surface area (Å²) in [6, 6.07) is 12.1. The second kappa shape index (κ2) is 6.73. The summed E-state index contributed by atoms with van der Waals surface area (Å²) in [5.74, 6) is 0.0737. The minimum Gasteiger partial charge on any atom is -0.495 e. The summed E-state index contributed by atoms with van der Waals surface area (Å²) < 4.78 is 8.20. The van der Waals surface area contributed by atoms with Crippen molar-refractivity contribution in [3.8, 4) is 5.75 Å². The lowest BCUT2D eigenvalue weighted by molar-refractivity contribution is -0.116. The minimum atomic E-state index is -0.403. The Balaban J connectivity index is 1.75. The zero-order chi connectivity index (χ0) is 19.0. The molecule has 8 nitrogen and oxygen atoms in total. The van der Waals surface area contributed by atoms with Crippen molar-refractivity contribution in [2.75, 3.05) is 12.4 Å². The number of carbonyl (C=O) groups is 1. The van der Waals surface area contributed by atoms with Crippen LogP contribution in [0.1, 0.15) is 0 Å². The van der Waals surface area contributed by atoms with Crippen LogP contribution in [0.15, 0.2) is 53.6 Å². The molecule has 0 saturated heterocycles. The largest absolute Gasteiger partial charge is 0.495 e. The molecule has 0 fully saturated rings. The van der Waals surface area contributed by atoms with E-state index in [1.165, 1.54) is 18.0 Å². The van der Waals surface area contributed by atoms with E-state index in [2.05, 4.69) is 15.5 Å². The molecule has 2 aromatic heterocycles. The number of carbonyl (C=O) groups excluding carboxylic acids is 1. The Morgan fingerprint density at radius 1 is 1.22 bits per heavy atom. The number of fused-ring (bicyclic) bond motifs is 3. The molecule has 4 aromatic rings. The molecule has 1 amide bonds. The standard InChI is InChI=1S/C18H14ClN5O3/c1-27-15-7-6-11(19)8-12(15)21-16(25)9-23-13-4-2-3-5-14(13)24-10-20-22-17(24)18(23)26/h2-8,10H,9H2,1H3,(H,21,25). The molecule has 1 N–H and O–H groups in total. The molecule has 0 spiro atoms. The molecule has 9 heteroatoms. The molecule has 0 atom stereocenters. The Morgan fingerprint density at radius 2 is 2.00 bits per heavy atom. The number of rotatable bonds is 4. The van der Waals surface area contributed by atoms with E-state index in [9.17, 15) is 9.59 Å². The normalized spacial score (nSPS) is 11.0. The Labute approximate surface area is 158 Å². The number of para-hydroxylation sites is 2. The van der Waals surface area contributed by atoms with Crippen molar-refractivity contribution in [1.82, 2.24) is 19.2 Å². The number of aromatic nitrogens is 4. The number of halogens is 1. The second-order valence-electron chi connectivity index (χ2n) is 5.80. The summed E-state index contributed by atoms with van der Waals surface area (Å²) in [4.78, 5) is 25.4. The fraction of sp³-hybridized carbons (Fsp3) is 0.111. The Kier molecular flexibility index (Phi) is 4.25. The van der Waals surface area contributed by atoms with E-state index in [1.807, 2.05) is 12.1 Å². The van der Waals surface area contributed by atoms with Crippen molar-refractivity contribution in [3.63, 3.8) is 0 Å². The van der Waals surface area contributed by atoms with E-state index in [-0.39, 0.29) is 12.2 Å². The number of nitrogens with zero attached hydrogens (tertiary/aromatic N) is 4. The van der Waals surface area contributed by atoms with Gasteiger partial charge in [-0.3, -0.25) is 18.6 Å². The Bertz CT molecular complexity index is 1230. The zero-order valence-corrected chi connectivity index (χ0v) is 15.0. The smallest absolute Gasteiger partial charge is 0.297 e. The first-order valence-corrected chi connectivity index (χ1v) is 8.41. The van der Waals surface area contributed by atoms with E-state index in [1.54, 1.807) is 34.7 Å². The lowest BCUT2D eigenvalue weighted by atomic mass is 10.2. The summed E-state index contributed by atoms with van der Waals surface area (Å²) in [6.07, 6.45) is 1.47. The second-order valence-corrected chi connectivity index (χ2v) is 6.23. The van der Waals surface area contributed by atoms with Gasteiger partial charge in [-0.25, -0.2) is 0 Å². The first-order valence-electron chi connectivity index (χ1n) is 8.03. The number of ether oxygens (including phenoxy) is 1. The van der Waals surface area contributed by atoms with Crippen LogP contribution in [0.3, 0.4) is 0 Å². The maximum atomic E-state index is 12.8. The molecule has 0 unspecified atom stereocenters. The maximum Gasteiger partial charge on any atom is 0.297 e. The summed E-state index contributed by atoms with van der Waals surface area (Å²) in [7, 11) is 1.50. The highest BCUT2D eigenvalue weighted by molar-refractivity contribution is 6.31. The molecule has 0 aliphatic rings. The number of methoxy groups -OCH3 is 1. The van der Waals surface area contributed by atoms with Gasteiger partial charge in [0.15, 0.2) is 0 Å². The van der Waals surface area contributed by atoms with Crippen LogP contribution in [-0.2, 0) is 11.3 Å². The third kappa shape index (κ3) is 3.00. The third-order valence-electron chi connectivity index (χ3n) is 4.15. The molecule has 0 radical (unpaired) electrons. The summed E-state index contributed by atoms with van der Waals surface area (Å²) in [5.41, 5.74) is 1.51. The first kappa shape index (κ1) is 17.0. The molecule has 27 heavy (non-hydrogen) atoms. The number of amides is 1. The summed E-state index contributed by atoms with van der Waals surface area (Å²) >= 11 is 5.99. The van der Waals surface area contributed by atoms with E-state index < -0.39 is 11.5 Å². The molecule has 4 rings (SSSR count). The first-order chi connectivity index (χ1) is 13.1. The number of hydrogen-bond donors (Lipinski definition) is 1. The highest BCUT2D eigenvalue weighted by atomic mass is 35.5. The van der Waals surface area contributed by atoms with Crippen LogP contribution in [-0.4, -0.2) is 32.2 Å². The lowest BCUT2D eigenvalue weighted by Crippen LogP contribution is -2.29. The van der Waals surface area contributed by atoms with Gasteiger partial charge in [-0.05, 0) is 30.3 Å². The highest BCUT2D eigenvalue weighted by Crippen LogP contribution is 2.27. The van der Waals surface area contributed by atoms with Gasteiger partial charge in [0.05, 0.1) is 23.8 Å². The van der Waals surface area contributed by atoms with Gasteiger partial charge in [-0.2, -0.15) is 0 Å². The van der Waals surface area contributed by atoms with Crippen LogP contribution in [0.4, 0.5) is 5.69 Å². The van der Waals surface area contributed by atoms with Crippen molar-refractivity contribution in [3.05, 3.63) is 64.2 Å². The average Bonchev–Trinajstić information content (AvgIpc) is 3.15. The van der Waals surface area contributed by atoms with Crippen molar-refractivity contribution in [2.45, 2.75) is 6.54 Å². The van der Waals surface area contributed by atoms with Crippen LogP contribution < -0.4 is 15.6 Å². The number of hydrogen-bond acceptors (Lipinski definition) is 5. The fourth-order valence-electron chi connectivity index (χ4n) is 2.95. The quantitative estimate of drug-likeness (QED) is 0.584. The molecule has 136 valence electrons. The highest BCUT2D eigenvalue weighted by Gasteiger charge is 2.15. The molecule has 2 heterocycles. The van der Waals surface area contributed by atoms with Gasteiger partial charge in [0.2, 0.25) is 11.6 Å². The van der Waals surface area contributed by atoms with Crippen molar-refractivity contribution >= 4 is 39.9 Å². The topological polar surface area (TPSA) is 90.5 Å². The van der Waals surface area contributed by atoms with Gasteiger partial charge in [-0.15, -0.1) is 10.2 Å². The maximum absolute atomic E-state index is 12.8. The molecule has 0 bridgehead atoms. The zero-order valence-electron chi connectivity index (χ0n) is 14.2. The summed E-state index contributed by atoms with van der Waals surface area (Å²) in [5, 5.41) is 10.9. The van der Waals surface area contributed by atoms with Gasteiger partial charge in [-0.1, -0.05) is 23.7 Å². The predicted octanol–water partition coefficient (Wildman–Crippen LogP) is 2.34. The Morgan fingerprint density at radius 3 is 2.78 bits per heavy atom. The van der Waals surface area contributed by atoms with Crippen molar-refractivity contribution in [2.24, 2.45) is 0 Å². The van der Waals surface area contributed by atoms with Gasteiger partial charge in [0.25, 0.3) is 5.56 Å². The summed E-state index contributed by atoms with van der Waals surface area (Å²) in [6.45, 7) is -0.196. The number of benzene rings is 2. The third-order valence-corrected chi connectivity index (χ3v) is 4.39. The van der Waals surface area contributed by atoms with Gasteiger partial charge in [0, 0.05) is 5.02 Å². The average molecular weight is 384 g/mol.